The summed E-state index contributed by atoms with van der Waals surface area (Å²) in [4.78, 5) is 23.3. The Morgan fingerprint density at radius 3 is 2.50 bits per heavy atom. The van der Waals surface area contributed by atoms with Crippen LogP contribution in [0.4, 0.5) is 11.4 Å². The van der Waals surface area contributed by atoms with Crippen molar-refractivity contribution in [1.29, 1.82) is 5.26 Å². The van der Waals surface area contributed by atoms with E-state index in [4.69, 9.17) is 9.15 Å². The molecule has 1 fully saturated rings. The van der Waals surface area contributed by atoms with Gasteiger partial charge in [0.25, 0.3) is 11.6 Å². The van der Waals surface area contributed by atoms with E-state index in [0.29, 0.717) is 42.9 Å². The molecule has 12 heteroatoms. The van der Waals surface area contributed by atoms with Crippen molar-refractivity contribution in [2.45, 2.75) is 30.7 Å². The molecule has 4 rings (SSSR count). The Morgan fingerprint density at radius 2 is 1.84 bits per heavy atom. The molecular weight excluding hydrogens is 512 g/mol. The quantitative estimate of drug-likeness (QED) is 0.187. The lowest BCUT2D eigenvalue weighted by molar-refractivity contribution is -0.385. The van der Waals surface area contributed by atoms with Crippen LogP contribution in [-0.4, -0.2) is 38.5 Å². The third kappa shape index (κ3) is 6.33. The average molecular weight is 537 g/mol. The summed E-state index contributed by atoms with van der Waals surface area (Å²) in [7, 11) is -3.68. The normalized spacial score (nSPS) is 14.6. The summed E-state index contributed by atoms with van der Waals surface area (Å²) in [5.41, 5.74) is 0.793. The third-order valence-corrected chi connectivity index (χ3v) is 7.47. The molecule has 1 aliphatic heterocycles. The summed E-state index contributed by atoms with van der Waals surface area (Å²) in [5, 5.41) is 23.1. The zero-order chi connectivity index (χ0) is 27.3. The Morgan fingerprint density at radius 1 is 1.13 bits per heavy atom. The van der Waals surface area contributed by atoms with Gasteiger partial charge >= 0.3 is 0 Å². The molecule has 0 unspecified atom stereocenters. The van der Waals surface area contributed by atoms with E-state index in [1.807, 2.05) is 0 Å². The van der Waals surface area contributed by atoms with Crippen LogP contribution in [0, 0.1) is 28.4 Å². The smallest absolute Gasteiger partial charge is 0.274 e. The highest BCUT2D eigenvalue weighted by atomic mass is 32.2. The summed E-state index contributed by atoms with van der Waals surface area (Å²) in [5.74, 6) is -0.126. The summed E-state index contributed by atoms with van der Waals surface area (Å²) in [6, 6.07) is 15.2. The fourth-order valence-electron chi connectivity index (χ4n) is 3.86. The van der Waals surface area contributed by atoms with Gasteiger partial charge in [-0.3, -0.25) is 14.9 Å². The molecular formula is C26H24N4O7S. The number of furan rings is 1. The number of rotatable bonds is 8. The van der Waals surface area contributed by atoms with Crippen LogP contribution in [0.1, 0.15) is 24.2 Å². The molecule has 0 radical (unpaired) electrons. The van der Waals surface area contributed by atoms with Gasteiger partial charge in [-0.15, -0.1) is 0 Å². The monoisotopic (exact) mass is 536 g/mol. The van der Waals surface area contributed by atoms with E-state index in [1.54, 1.807) is 37.3 Å². The standard InChI is InChI=1S/C26H24N4O7S/c1-17-2-5-21(15-24(17)30(32)33)28-26(31)19(16-27)14-22-6-9-25(37-22)18-3-7-23(8-4-18)38(34,35)29-20-10-12-36-13-11-20/h2-9,14-15,20,29H,10-13H2,1H3,(H,28,31)/b19-14+. The maximum absolute atomic E-state index is 12.7. The first-order chi connectivity index (χ1) is 18.2. The fraction of sp³-hybridized carbons (Fsp3) is 0.231. The molecule has 196 valence electrons. The van der Waals surface area contributed by atoms with E-state index < -0.39 is 20.9 Å². The number of hydrogen-bond acceptors (Lipinski definition) is 8. The van der Waals surface area contributed by atoms with Gasteiger partial charge in [-0.25, -0.2) is 13.1 Å². The molecule has 0 spiro atoms. The summed E-state index contributed by atoms with van der Waals surface area (Å²) < 4.78 is 39.1. The molecule has 2 N–H and O–H groups in total. The number of carbonyl (C=O) groups excluding carboxylic acids is 1. The van der Waals surface area contributed by atoms with E-state index >= 15 is 0 Å². The molecule has 2 heterocycles. The molecule has 1 amide bonds. The van der Waals surface area contributed by atoms with Crippen LogP contribution in [0.3, 0.4) is 0 Å². The highest BCUT2D eigenvalue weighted by molar-refractivity contribution is 7.89. The first-order valence-corrected chi connectivity index (χ1v) is 13.1. The predicted octanol–water partition coefficient (Wildman–Crippen LogP) is 4.17. The minimum absolute atomic E-state index is 0.124. The SMILES string of the molecule is Cc1ccc(NC(=O)/C(C#N)=C/c2ccc(-c3ccc(S(=O)(=O)NC4CCOCC4)cc3)o2)cc1[N+](=O)[O-]. The first-order valence-electron chi connectivity index (χ1n) is 11.6. The van der Waals surface area contributed by atoms with E-state index in [9.17, 15) is 28.6 Å². The number of amides is 1. The van der Waals surface area contributed by atoms with Crippen LogP contribution in [-0.2, 0) is 19.6 Å². The summed E-state index contributed by atoms with van der Waals surface area (Å²) in [6.07, 6.45) is 2.49. The van der Waals surface area contributed by atoms with Crippen molar-refractivity contribution in [1.82, 2.24) is 4.72 Å². The van der Waals surface area contributed by atoms with Gasteiger partial charge in [-0.05, 0) is 62.2 Å². The van der Waals surface area contributed by atoms with Crippen molar-refractivity contribution in [2.24, 2.45) is 0 Å². The van der Waals surface area contributed by atoms with Crippen molar-refractivity contribution in [2.75, 3.05) is 18.5 Å². The second-order valence-electron chi connectivity index (χ2n) is 8.62. The van der Waals surface area contributed by atoms with Crippen LogP contribution in [0.15, 0.2) is 69.5 Å². The second kappa shape index (κ2) is 11.4. The zero-order valence-corrected chi connectivity index (χ0v) is 21.2. The second-order valence-corrected chi connectivity index (χ2v) is 10.3. The molecule has 38 heavy (non-hydrogen) atoms. The first kappa shape index (κ1) is 26.7. The minimum atomic E-state index is -3.68. The van der Waals surface area contributed by atoms with Crippen LogP contribution in [0.2, 0.25) is 0 Å². The van der Waals surface area contributed by atoms with Gasteiger partial charge in [0.15, 0.2) is 0 Å². The van der Waals surface area contributed by atoms with Gasteiger partial charge in [0.05, 0.1) is 9.82 Å². The molecule has 0 bridgehead atoms. The lowest BCUT2D eigenvalue weighted by Gasteiger charge is -2.22. The average Bonchev–Trinajstić information content (AvgIpc) is 3.37. The summed E-state index contributed by atoms with van der Waals surface area (Å²) >= 11 is 0. The van der Waals surface area contributed by atoms with E-state index in [0.717, 1.165) is 0 Å². The van der Waals surface area contributed by atoms with Gasteiger partial charge < -0.3 is 14.5 Å². The van der Waals surface area contributed by atoms with Crippen molar-refractivity contribution in [3.63, 3.8) is 0 Å². The van der Waals surface area contributed by atoms with Gasteiger partial charge in [-0.1, -0.05) is 6.07 Å². The topological polar surface area (TPSA) is 165 Å². The maximum atomic E-state index is 12.7. The van der Waals surface area contributed by atoms with Crippen molar-refractivity contribution in [3.05, 3.63) is 81.6 Å². The van der Waals surface area contributed by atoms with Crippen LogP contribution >= 0.6 is 0 Å². The molecule has 1 saturated heterocycles. The van der Waals surface area contributed by atoms with E-state index in [-0.39, 0.29) is 33.6 Å². The number of aryl methyl sites for hydroxylation is 1. The molecule has 11 nitrogen and oxygen atoms in total. The Hall–Kier alpha value is -4.31. The van der Waals surface area contributed by atoms with Gasteiger partial charge in [0, 0.05) is 48.2 Å². The van der Waals surface area contributed by atoms with Crippen molar-refractivity contribution < 1.29 is 27.3 Å². The maximum Gasteiger partial charge on any atom is 0.274 e. The summed E-state index contributed by atoms with van der Waals surface area (Å²) in [6.45, 7) is 2.62. The Balaban J connectivity index is 1.46. The highest BCUT2D eigenvalue weighted by Crippen LogP contribution is 2.26. The van der Waals surface area contributed by atoms with Crippen molar-refractivity contribution >= 4 is 33.4 Å². The van der Waals surface area contributed by atoms with Gasteiger partial charge in [0.1, 0.15) is 23.2 Å². The van der Waals surface area contributed by atoms with Crippen LogP contribution < -0.4 is 10.0 Å². The number of nitriles is 1. The number of benzene rings is 2. The lowest BCUT2D eigenvalue weighted by atomic mass is 10.1. The molecule has 0 aliphatic carbocycles. The molecule has 1 aliphatic rings. The molecule has 0 atom stereocenters. The Bertz CT molecular complexity index is 1530. The number of sulfonamides is 1. The molecule has 2 aromatic carbocycles. The number of nitro groups is 1. The fourth-order valence-corrected chi connectivity index (χ4v) is 5.16. The minimum Gasteiger partial charge on any atom is -0.457 e. The molecule has 3 aromatic rings. The zero-order valence-electron chi connectivity index (χ0n) is 20.3. The lowest BCUT2D eigenvalue weighted by Crippen LogP contribution is -2.38. The number of hydrogen-bond donors (Lipinski definition) is 2. The van der Waals surface area contributed by atoms with E-state index in [2.05, 4.69) is 10.0 Å². The van der Waals surface area contributed by atoms with E-state index in [1.165, 1.54) is 36.4 Å². The predicted molar refractivity (Wildman–Crippen MR) is 138 cm³/mol. The Kier molecular flexibility index (Phi) is 8.02. The van der Waals surface area contributed by atoms with Crippen LogP contribution in [0.25, 0.3) is 17.4 Å². The van der Waals surface area contributed by atoms with Gasteiger partial charge in [0.2, 0.25) is 10.0 Å². The number of nitrogens with zero attached hydrogens (tertiary/aromatic N) is 2. The molecule has 1 aromatic heterocycles. The number of ether oxygens (including phenoxy) is 1. The Labute approximate surface area is 218 Å². The van der Waals surface area contributed by atoms with Crippen molar-refractivity contribution in [3.8, 4) is 17.4 Å². The molecule has 0 saturated carbocycles. The van der Waals surface area contributed by atoms with Crippen LogP contribution in [0.5, 0.6) is 0 Å². The number of nitrogens with one attached hydrogen (secondary N) is 2. The highest BCUT2D eigenvalue weighted by Gasteiger charge is 2.22. The third-order valence-electron chi connectivity index (χ3n) is 5.93. The number of carbonyl (C=O) groups is 1. The largest absolute Gasteiger partial charge is 0.457 e. The van der Waals surface area contributed by atoms with Gasteiger partial charge in [-0.2, -0.15) is 5.26 Å². The number of anilines is 1. The number of nitro benzene ring substituents is 1.